The molecule has 4 heteroatoms. The number of piperidine rings is 1. The summed E-state index contributed by atoms with van der Waals surface area (Å²) in [6.07, 6.45) is 3.68. The van der Waals surface area contributed by atoms with E-state index in [0.29, 0.717) is 6.42 Å². The highest BCUT2D eigenvalue weighted by Crippen LogP contribution is 2.36. The summed E-state index contributed by atoms with van der Waals surface area (Å²) in [6, 6.07) is 2.13. The molecule has 90 valence electrons. The molecule has 1 rings (SSSR count). The van der Waals surface area contributed by atoms with Gasteiger partial charge in [0.2, 0.25) is 0 Å². The average Bonchev–Trinajstić information content (AvgIpc) is 2.28. The van der Waals surface area contributed by atoms with Crippen LogP contribution in [-0.2, 0) is 4.79 Å². The fourth-order valence-electron chi connectivity index (χ4n) is 2.46. The number of hydrogen-bond donors (Lipinski definition) is 1. The molecule has 1 saturated heterocycles. The highest BCUT2D eigenvalue weighted by Gasteiger charge is 2.40. The van der Waals surface area contributed by atoms with E-state index in [1.54, 1.807) is 0 Å². The van der Waals surface area contributed by atoms with Crippen molar-refractivity contribution in [1.29, 1.82) is 5.26 Å². The molecule has 0 spiro atoms. The van der Waals surface area contributed by atoms with Gasteiger partial charge in [0.25, 0.3) is 0 Å². The van der Waals surface area contributed by atoms with E-state index in [-0.39, 0.29) is 0 Å². The van der Waals surface area contributed by atoms with Crippen molar-refractivity contribution in [1.82, 2.24) is 4.90 Å². The molecule has 0 radical (unpaired) electrons. The van der Waals surface area contributed by atoms with Gasteiger partial charge in [-0.3, -0.25) is 4.79 Å². The van der Waals surface area contributed by atoms with Gasteiger partial charge >= 0.3 is 5.97 Å². The second-order valence-electron chi connectivity index (χ2n) is 4.59. The quantitative estimate of drug-likeness (QED) is 0.774. The first-order valence-electron chi connectivity index (χ1n) is 5.97. The minimum absolute atomic E-state index is 0.502. The van der Waals surface area contributed by atoms with Gasteiger partial charge in [0, 0.05) is 13.0 Å². The fraction of sp³-hybridized carbons (Fsp3) is 0.833. The molecule has 1 fully saturated rings. The molecule has 4 nitrogen and oxygen atoms in total. The summed E-state index contributed by atoms with van der Waals surface area (Å²) in [5, 5.41) is 17.8. The molecule has 0 unspecified atom stereocenters. The Morgan fingerprint density at radius 3 is 2.56 bits per heavy atom. The van der Waals surface area contributed by atoms with Crippen LogP contribution >= 0.6 is 0 Å². The first-order valence-corrected chi connectivity index (χ1v) is 5.97. The lowest BCUT2D eigenvalue weighted by atomic mass is 9.75. The molecule has 1 aliphatic heterocycles. The summed E-state index contributed by atoms with van der Waals surface area (Å²) in [5.41, 5.74) is -0.502. The van der Waals surface area contributed by atoms with Gasteiger partial charge in [-0.05, 0) is 32.4 Å². The zero-order valence-electron chi connectivity index (χ0n) is 9.91. The molecule has 0 amide bonds. The molecule has 0 aliphatic carbocycles. The molecule has 0 aromatic heterocycles. The lowest BCUT2D eigenvalue weighted by molar-refractivity contribution is -0.152. The normalized spacial score (nSPS) is 20.2. The minimum atomic E-state index is -0.644. The lowest BCUT2D eigenvalue weighted by Crippen LogP contribution is -2.44. The molecule has 1 N–H and O–H groups in total. The van der Waals surface area contributed by atoms with Crippen LogP contribution in [-0.4, -0.2) is 35.6 Å². The molecule has 1 heterocycles. The Morgan fingerprint density at radius 2 is 2.12 bits per heavy atom. The number of nitriles is 1. The fourth-order valence-corrected chi connectivity index (χ4v) is 2.46. The molecule has 0 saturated carbocycles. The van der Waals surface area contributed by atoms with Crippen molar-refractivity contribution in [2.24, 2.45) is 5.41 Å². The van der Waals surface area contributed by atoms with Gasteiger partial charge in [0.1, 0.15) is 0 Å². The predicted octanol–water partition coefficient (Wildman–Crippen LogP) is 1.87. The summed E-state index contributed by atoms with van der Waals surface area (Å²) < 4.78 is 0. The minimum Gasteiger partial charge on any atom is -0.481 e. The third-order valence-corrected chi connectivity index (χ3v) is 3.54. The SMILES string of the molecule is CCCC1(C(=O)O)CCN(CCC#N)CC1. The van der Waals surface area contributed by atoms with E-state index >= 15 is 0 Å². The van der Waals surface area contributed by atoms with Crippen LogP contribution in [0.4, 0.5) is 0 Å². The maximum atomic E-state index is 11.3. The summed E-state index contributed by atoms with van der Waals surface area (Å²) in [7, 11) is 0. The van der Waals surface area contributed by atoms with Crippen molar-refractivity contribution < 1.29 is 9.90 Å². The number of aliphatic carboxylic acids is 1. The van der Waals surface area contributed by atoms with Gasteiger partial charge in [-0.2, -0.15) is 5.26 Å². The molecule has 0 bridgehead atoms. The van der Waals surface area contributed by atoms with E-state index in [2.05, 4.69) is 11.0 Å². The first kappa shape index (κ1) is 13.0. The second kappa shape index (κ2) is 5.86. The van der Waals surface area contributed by atoms with Crippen LogP contribution in [0.3, 0.4) is 0 Å². The Hall–Kier alpha value is -1.08. The number of carboxylic acids is 1. The van der Waals surface area contributed by atoms with Crippen LogP contribution in [0.1, 0.15) is 39.0 Å². The first-order chi connectivity index (χ1) is 7.64. The van der Waals surface area contributed by atoms with Gasteiger partial charge < -0.3 is 10.0 Å². The smallest absolute Gasteiger partial charge is 0.309 e. The Labute approximate surface area is 96.9 Å². The molecule has 1 aliphatic rings. The highest BCUT2D eigenvalue weighted by atomic mass is 16.4. The molecule has 0 aromatic rings. The topological polar surface area (TPSA) is 64.3 Å². The standard InChI is InChI=1S/C12H20N2O2/c1-2-4-12(11(15)16)5-9-14(10-6-12)8-3-7-13/h2-6,8-10H2,1H3,(H,15,16). The van der Waals surface area contributed by atoms with Crippen LogP contribution in [0.5, 0.6) is 0 Å². The number of rotatable bonds is 5. The number of hydrogen-bond acceptors (Lipinski definition) is 3. The van der Waals surface area contributed by atoms with E-state index in [0.717, 1.165) is 45.3 Å². The van der Waals surface area contributed by atoms with Gasteiger partial charge in [-0.25, -0.2) is 0 Å². The van der Waals surface area contributed by atoms with Crippen molar-refractivity contribution in [2.75, 3.05) is 19.6 Å². The Balaban J connectivity index is 2.50. The largest absolute Gasteiger partial charge is 0.481 e. The number of likely N-dealkylation sites (tertiary alicyclic amines) is 1. The number of nitrogens with zero attached hydrogens (tertiary/aromatic N) is 2. The van der Waals surface area contributed by atoms with Gasteiger partial charge in [0.05, 0.1) is 11.5 Å². The molecule has 0 atom stereocenters. The second-order valence-corrected chi connectivity index (χ2v) is 4.59. The third-order valence-electron chi connectivity index (χ3n) is 3.54. The maximum absolute atomic E-state index is 11.3. The molecular formula is C12H20N2O2. The lowest BCUT2D eigenvalue weighted by Gasteiger charge is -2.38. The van der Waals surface area contributed by atoms with E-state index in [9.17, 15) is 9.90 Å². The van der Waals surface area contributed by atoms with Gasteiger partial charge in [-0.15, -0.1) is 0 Å². The van der Waals surface area contributed by atoms with E-state index in [1.165, 1.54) is 0 Å². The van der Waals surface area contributed by atoms with Crippen molar-refractivity contribution in [3.8, 4) is 6.07 Å². The van der Waals surface area contributed by atoms with Crippen molar-refractivity contribution in [3.63, 3.8) is 0 Å². The molecular weight excluding hydrogens is 204 g/mol. The van der Waals surface area contributed by atoms with Crippen LogP contribution in [0.15, 0.2) is 0 Å². The van der Waals surface area contributed by atoms with Gasteiger partial charge in [-0.1, -0.05) is 13.3 Å². The van der Waals surface area contributed by atoms with Crippen molar-refractivity contribution in [3.05, 3.63) is 0 Å². The van der Waals surface area contributed by atoms with E-state index in [1.807, 2.05) is 6.92 Å². The van der Waals surface area contributed by atoms with Gasteiger partial charge in [0.15, 0.2) is 0 Å². The van der Waals surface area contributed by atoms with Crippen molar-refractivity contribution >= 4 is 5.97 Å². The van der Waals surface area contributed by atoms with E-state index in [4.69, 9.17) is 5.26 Å². The maximum Gasteiger partial charge on any atom is 0.309 e. The third kappa shape index (κ3) is 2.96. The predicted molar refractivity (Wildman–Crippen MR) is 60.9 cm³/mol. The summed E-state index contributed by atoms with van der Waals surface area (Å²) >= 11 is 0. The Bertz CT molecular complexity index is 275. The average molecular weight is 224 g/mol. The summed E-state index contributed by atoms with van der Waals surface area (Å²) in [5.74, 6) is -0.644. The van der Waals surface area contributed by atoms with Crippen LogP contribution < -0.4 is 0 Å². The zero-order chi connectivity index (χ0) is 12.0. The Morgan fingerprint density at radius 1 is 1.50 bits per heavy atom. The molecule has 16 heavy (non-hydrogen) atoms. The summed E-state index contributed by atoms with van der Waals surface area (Å²) in [6.45, 7) is 4.44. The van der Waals surface area contributed by atoms with Crippen LogP contribution in [0, 0.1) is 16.7 Å². The van der Waals surface area contributed by atoms with Crippen molar-refractivity contribution in [2.45, 2.75) is 39.0 Å². The zero-order valence-corrected chi connectivity index (χ0v) is 9.91. The van der Waals surface area contributed by atoms with Crippen LogP contribution in [0.25, 0.3) is 0 Å². The summed E-state index contributed by atoms with van der Waals surface area (Å²) in [4.78, 5) is 13.5. The molecule has 0 aromatic carbocycles. The number of carbonyl (C=O) groups is 1. The van der Waals surface area contributed by atoms with E-state index < -0.39 is 11.4 Å². The van der Waals surface area contributed by atoms with Crippen LogP contribution in [0.2, 0.25) is 0 Å². The monoisotopic (exact) mass is 224 g/mol. The Kier molecular flexibility index (Phi) is 4.75. The highest BCUT2D eigenvalue weighted by molar-refractivity contribution is 5.74. The number of carboxylic acid groups (broad SMARTS) is 1.